The minimum absolute atomic E-state index is 0.189. The first-order valence-corrected chi connectivity index (χ1v) is 4.94. The van der Waals surface area contributed by atoms with Gasteiger partial charge in [-0.05, 0) is 25.0 Å². The van der Waals surface area contributed by atoms with E-state index in [2.05, 4.69) is 5.32 Å². The largest absolute Gasteiger partial charge is 0.296 e. The highest BCUT2D eigenvalue weighted by molar-refractivity contribution is 6.08. The summed E-state index contributed by atoms with van der Waals surface area (Å²) in [5.41, 5.74) is 1.29. The maximum absolute atomic E-state index is 11.7. The maximum atomic E-state index is 11.7. The summed E-state index contributed by atoms with van der Waals surface area (Å²) in [6.07, 6.45) is 0.247. The van der Waals surface area contributed by atoms with E-state index in [1.165, 1.54) is 0 Å². The fraction of sp³-hybridized carbons (Fsp3) is 0.333. The molecule has 0 bridgehead atoms. The molecule has 1 aliphatic rings. The number of aryl methyl sites for hydroxylation is 1. The van der Waals surface area contributed by atoms with Gasteiger partial charge in [0.2, 0.25) is 11.8 Å². The minimum Gasteiger partial charge on any atom is -0.296 e. The van der Waals surface area contributed by atoms with Gasteiger partial charge in [0, 0.05) is 6.42 Å². The first kappa shape index (κ1) is 9.90. The highest BCUT2D eigenvalue weighted by atomic mass is 16.2. The van der Waals surface area contributed by atoms with Crippen LogP contribution in [0.2, 0.25) is 0 Å². The topological polar surface area (TPSA) is 46.2 Å². The molecule has 1 unspecified atom stereocenters. The van der Waals surface area contributed by atoms with Crippen LogP contribution < -0.4 is 5.32 Å². The van der Waals surface area contributed by atoms with Gasteiger partial charge in [-0.15, -0.1) is 0 Å². The van der Waals surface area contributed by atoms with Gasteiger partial charge in [0.1, 0.15) is 0 Å². The summed E-state index contributed by atoms with van der Waals surface area (Å²) in [4.78, 5) is 22.9. The van der Waals surface area contributed by atoms with Crippen LogP contribution in [0.25, 0.3) is 0 Å². The molecule has 1 fully saturated rings. The SMILES string of the molecule is Cc1ccccc1C1(C)CC(=O)NC1=O. The molecule has 78 valence electrons. The molecule has 0 aromatic heterocycles. The third-order valence-corrected chi connectivity index (χ3v) is 3.01. The highest BCUT2D eigenvalue weighted by Crippen LogP contribution is 2.33. The van der Waals surface area contributed by atoms with Crippen molar-refractivity contribution in [1.29, 1.82) is 0 Å². The number of carbonyl (C=O) groups excluding carboxylic acids is 2. The molecule has 2 rings (SSSR count). The van der Waals surface area contributed by atoms with Gasteiger partial charge < -0.3 is 0 Å². The van der Waals surface area contributed by atoms with E-state index in [1.54, 1.807) is 0 Å². The number of hydrogen-bond donors (Lipinski definition) is 1. The zero-order valence-electron chi connectivity index (χ0n) is 8.83. The van der Waals surface area contributed by atoms with E-state index in [0.29, 0.717) is 0 Å². The van der Waals surface area contributed by atoms with Crippen molar-refractivity contribution in [2.45, 2.75) is 25.7 Å². The van der Waals surface area contributed by atoms with Gasteiger partial charge >= 0.3 is 0 Å². The Bertz CT molecular complexity index is 439. The molecule has 3 nitrogen and oxygen atoms in total. The van der Waals surface area contributed by atoms with E-state index < -0.39 is 5.41 Å². The molecule has 15 heavy (non-hydrogen) atoms. The van der Waals surface area contributed by atoms with Crippen LogP contribution in [0, 0.1) is 6.92 Å². The van der Waals surface area contributed by atoms with Gasteiger partial charge in [0.25, 0.3) is 0 Å². The lowest BCUT2D eigenvalue weighted by molar-refractivity contribution is -0.126. The van der Waals surface area contributed by atoms with Gasteiger partial charge in [-0.1, -0.05) is 24.3 Å². The quantitative estimate of drug-likeness (QED) is 0.699. The molecule has 0 saturated carbocycles. The highest BCUT2D eigenvalue weighted by Gasteiger charge is 2.44. The smallest absolute Gasteiger partial charge is 0.237 e. The molecule has 1 aromatic carbocycles. The van der Waals surface area contributed by atoms with Crippen molar-refractivity contribution in [3.8, 4) is 0 Å². The second kappa shape index (κ2) is 3.19. The number of imide groups is 1. The van der Waals surface area contributed by atoms with Gasteiger partial charge in [-0.3, -0.25) is 14.9 Å². The van der Waals surface area contributed by atoms with Crippen molar-refractivity contribution in [2.24, 2.45) is 0 Å². The van der Waals surface area contributed by atoms with Crippen LogP contribution in [0.4, 0.5) is 0 Å². The van der Waals surface area contributed by atoms with Gasteiger partial charge in [0.05, 0.1) is 5.41 Å². The number of amides is 2. The van der Waals surface area contributed by atoms with Crippen molar-refractivity contribution < 1.29 is 9.59 Å². The summed E-state index contributed by atoms with van der Waals surface area (Å²) < 4.78 is 0. The fourth-order valence-electron chi connectivity index (χ4n) is 2.12. The van der Waals surface area contributed by atoms with Crippen molar-refractivity contribution in [3.63, 3.8) is 0 Å². The van der Waals surface area contributed by atoms with Gasteiger partial charge in [0.15, 0.2) is 0 Å². The van der Waals surface area contributed by atoms with Crippen LogP contribution in [0.3, 0.4) is 0 Å². The summed E-state index contributed by atoms with van der Waals surface area (Å²) in [7, 11) is 0. The van der Waals surface area contributed by atoms with Crippen LogP contribution >= 0.6 is 0 Å². The van der Waals surface area contributed by atoms with E-state index in [4.69, 9.17) is 0 Å². The van der Waals surface area contributed by atoms with Gasteiger partial charge in [-0.2, -0.15) is 0 Å². The van der Waals surface area contributed by atoms with Crippen molar-refractivity contribution in [1.82, 2.24) is 5.32 Å². The van der Waals surface area contributed by atoms with Crippen LogP contribution in [-0.2, 0) is 15.0 Å². The summed E-state index contributed by atoms with van der Waals surface area (Å²) in [5.74, 6) is -0.382. The monoisotopic (exact) mass is 203 g/mol. The minimum atomic E-state index is -0.692. The standard InChI is InChI=1S/C12H13NO2/c1-8-5-3-4-6-9(8)12(2)7-10(14)13-11(12)15/h3-6H,7H2,1-2H3,(H,13,14,15). The lowest BCUT2D eigenvalue weighted by atomic mass is 9.79. The van der Waals surface area contributed by atoms with Crippen molar-refractivity contribution >= 4 is 11.8 Å². The summed E-state index contributed by atoms with van der Waals surface area (Å²) in [5, 5.41) is 2.36. The number of benzene rings is 1. The predicted molar refractivity (Wildman–Crippen MR) is 56.3 cm³/mol. The summed E-state index contributed by atoms with van der Waals surface area (Å²) in [6.45, 7) is 3.77. The molecule has 1 heterocycles. The molecule has 1 aromatic rings. The Balaban J connectivity index is 2.51. The van der Waals surface area contributed by atoms with Crippen LogP contribution in [0.5, 0.6) is 0 Å². The first-order chi connectivity index (χ1) is 7.04. The Morgan fingerprint density at radius 3 is 2.47 bits per heavy atom. The third-order valence-electron chi connectivity index (χ3n) is 3.01. The molecule has 3 heteroatoms. The summed E-state index contributed by atoms with van der Waals surface area (Å²) >= 11 is 0. The number of hydrogen-bond acceptors (Lipinski definition) is 2. The van der Waals surface area contributed by atoms with E-state index in [-0.39, 0.29) is 18.2 Å². The Morgan fingerprint density at radius 1 is 1.27 bits per heavy atom. The predicted octanol–water partition coefficient (Wildman–Crippen LogP) is 1.30. The van der Waals surface area contributed by atoms with Crippen LogP contribution in [0.15, 0.2) is 24.3 Å². The third kappa shape index (κ3) is 1.44. The zero-order chi connectivity index (χ0) is 11.1. The second-order valence-corrected chi connectivity index (χ2v) is 4.20. The Kier molecular flexibility index (Phi) is 2.11. The normalized spacial score (nSPS) is 25.5. The number of rotatable bonds is 1. The molecular formula is C12H13NO2. The molecule has 1 atom stereocenters. The second-order valence-electron chi connectivity index (χ2n) is 4.20. The van der Waals surface area contributed by atoms with E-state index in [9.17, 15) is 9.59 Å². The molecule has 1 N–H and O–H groups in total. The molecule has 0 aliphatic carbocycles. The average Bonchev–Trinajstić information content (AvgIpc) is 2.42. The lowest BCUT2D eigenvalue weighted by Gasteiger charge is -2.22. The fourth-order valence-corrected chi connectivity index (χ4v) is 2.12. The molecule has 2 amide bonds. The molecule has 0 radical (unpaired) electrons. The van der Waals surface area contributed by atoms with Crippen molar-refractivity contribution in [2.75, 3.05) is 0 Å². The van der Waals surface area contributed by atoms with Crippen LogP contribution in [-0.4, -0.2) is 11.8 Å². The number of nitrogens with one attached hydrogen (secondary N) is 1. The zero-order valence-corrected chi connectivity index (χ0v) is 8.83. The Hall–Kier alpha value is -1.64. The van der Waals surface area contributed by atoms with Crippen molar-refractivity contribution in [3.05, 3.63) is 35.4 Å². The molecule has 1 aliphatic heterocycles. The molecular weight excluding hydrogens is 190 g/mol. The molecule has 0 spiro atoms. The Labute approximate surface area is 88.5 Å². The van der Waals surface area contributed by atoms with E-state index in [1.807, 2.05) is 38.1 Å². The average molecular weight is 203 g/mol. The Morgan fingerprint density at radius 2 is 1.93 bits per heavy atom. The lowest BCUT2D eigenvalue weighted by Crippen LogP contribution is -2.33. The van der Waals surface area contributed by atoms with E-state index in [0.717, 1.165) is 11.1 Å². The van der Waals surface area contributed by atoms with Gasteiger partial charge in [-0.25, -0.2) is 0 Å². The van der Waals surface area contributed by atoms with Crippen LogP contribution in [0.1, 0.15) is 24.5 Å². The summed E-state index contributed by atoms with van der Waals surface area (Å²) in [6, 6.07) is 7.69. The molecule has 1 saturated heterocycles. The first-order valence-electron chi connectivity index (χ1n) is 4.94. The maximum Gasteiger partial charge on any atom is 0.237 e. The number of carbonyl (C=O) groups is 2. The van der Waals surface area contributed by atoms with E-state index >= 15 is 0 Å².